The molecule has 1 saturated carbocycles. The molecule has 96 valence electrons. The average Bonchev–Trinajstić information content (AvgIpc) is 2.34. The summed E-state index contributed by atoms with van der Waals surface area (Å²) < 4.78 is 21.5. The van der Waals surface area contributed by atoms with Gasteiger partial charge in [0.15, 0.2) is 16.8 Å². The van der Waals surface area contributed by atoms with Crippen molar-refractivity contribution in [3.8, 4) is 0 Å². The van der Waals surface area contributed by atoms with Gasteiger partial charge in [-0.05, 0) is 25.7 Å². The lowest BCUT2D eigenvalue weighted by Crippen LogP contribution is -2.21. The molecule has 0 aliphatic heterocycles. The quantitative estimate of drug-likeness (QED) is 0.691. The maximum atomic E-state index is 5.37. The molecule has 0 atom stereocenters. The molecule has 0 spiro atoms. The summed E-state index contributed by atoms with van der Waals surface area (Å²) in [5, 5.41) is 0. The van der Waals surface area contributed by atoms with E-state index in [1.54, 1.807) is 28.4 Å². The Bertz CT molecular complexity index is 158. The van der Waals surface area contributed by atoms with Crippen LogP contribution in [0.4, 0.5) is 0 Å². The van der Waals surface area contributed by atoms with Crippen LogP contribution < -0.4 is 0 Å². The van der Waals surface area contributed by atoms with Crippen LogP contribution in [0.2, 0.25) is 0 Å². The lowest BCUT2D eigenvalue weighted by molar-refractivity contribution is 0.301. The van der Waals surface area contributed by atoms with Crippen molar-refractivity contribution < 1.29 is 18.1 Å². The highest BCUT2D eigenvalue weighted by Gasteiger charge is 2.32. The van der Waals surface area contributed by atoms with Crippen LogP contribution in [0.1, 0.15) is 25.7 Å². The minimum Gasteiger partial charge on any atom is -0.337 e. The Balaban J connectivity index is 2.38. The van der Waals surface area contributed by atoms with Gasteiger partial charge in [-0.2, -0.15) is 0 Å². The van der Waals surface area contributed by atoms with E-state index in [1.807, 2.05) is 0 Å². The molecule has 0 bridgehead atoms. The van der Waals surface area contributed by atoms with Crippen molar-refractivity contribution in [1.29, 1.82) is 0 Å². The second kappa shape index (κ2) is 7.92. The summed E-state index contributed by atoms with van der Waals surface area (Å²) in [6, 6.07) is 0. The molecule has 0 saturated heterocycles. The van der Waals surface area contributed by atoms with Crippen LogP contribution in [0.5, 0.6) is 0 Å². The molecule has 0 unspecified atom stereocenters. The van der Waals surface area contributed by atoms with Crippen LogP contribution in [0.15, 0.2) is 0 Å². The summed E-state index contributed by atoms with van der Waals surface area (Å²) >= 11 is 0. The Morgan fingerprint density at radius 1 is 0.625 bits per heavy atom. The summed E-state index contributed by atoms with van der Waals surface area (Å²) in [6.07, 6.45) is 4.63. The zero-order valence-electron chi connectivity index (χ0n) is 10.5. The first-order valence-electron chi connectivity index (χ1n) is 5.51. The molecule has 1 rings (SSSR count). The van der Waals surface area contributed by atoms with Crippen molar-refractivity contribution in [2.75, 3.05) is 28.4 Å². The molecule has 0 heterocycles. The molecule has 4 nitrogen and oxygen atoms in total. The van der Waals surface area contributed by atoms with E-state index in [0.717, 1.165) is 25.7 Å². The Kier molecular flexibility index (Phi) is 7.30. The molecular formula is C10H22O4P2. The van der Waals surface area contributed by atoms with E-state index in [-0.39, 0.29) is 0 Å². The van der Waals surface area contributed by atoms with E-state index in [1.165, 1.54) is 0 Å². The normalized spacial score (nSPS) is 26.6. The van der Waals surface area contributed by atoms with Crippen LogP contribution in [-0.2, 0) is 18.1 Å². The first-order valence-corrected chi connectivity index (χ1v) is 8.01. The first kappa shape index (κ1) is 14.8. The SMILES string of the molecule is COP(OC)C1CCC(P(OC)OC)CC1. The van der Waals surface area contributed by atoms with Gasteiger partial charge in [-0.25, -0.2) is 0 Å². The largest absolute Gasteiger partial charge is 0.337 e. The van der Waals surface area contributed by atoms with Gasteiger partial charge in [0.1, 0.15) is 0 Å². The second-order valence-corrected chi connectivity index (χ2v) is 7.83. The van der Waals surface area contributed by atoms with E-state index in [9.17, 15) is 0 Å². The Morgan fingerprint density at radius 2 is 0.875 bits per heavy atom. The van der Waals surface area contributed by atoms with Crippen molar-refractivity contribution in [3.63, 3.8) is 0 Å². The minimum atomic E-state index is -0.696. The van der Waals surface area contributed by atoms with Gasteiger partial charge in [0.05, 0.1) is 0 Å². The molecular weight excluding hydrogens is 246 g/mol. The van der Waals surface area contributed by atoms with Gasteiger partial charge >= 0.3 is 0 Å². The first-order chi connectivity index (χ1) is 7.76. The number of rotatable bonds is 6. The van der Waals surface area contributed by atoms with E-state index < -0.39 is 16.8 Å². The van der Waals surface area contributed by atoms with Crippen molar-refractivity contribution in [3.05, 3.63) is 0 Å². The lowest BCUT2D eigenvalue weighted by atomic mass is 10.00. The standard InChI is InChI=1S/C10H22O4P2/c1-11-15(12-2)9-5-7-10(8-6-9)16(13-3)14-4/h9-10H,5-8H2,1-4H3. The van der Waals surface area contributed by atoms with Gasteiger partial charge in [0, 0.05) is 39.8 Å². The highest BCUT2D eigenvalue weighted by molar-refractivity contribution is 7.48. The molecule has 0 aromatic carbocycles. The number of hydrogen-bond acceptors (Lipinski definition) is 4. The summed E-state index contributed by atoms with van der Waals surface area (Å²) in [7, 11) is 5.55. The zero-order valence-corrected chi connectivity index (χ0v) is 12.3. The Hall–Kier alpha value is 0.700. The third-order valence-electron chi connectivity index (χ3n) is 2.98. The maximum Gasteiger partial charge on any atom is 0.173 e. The fraction of sp³-hybridized carbons (Fsp3) is 1.00. The predicted octanol–water partition coefficient (Wildman–Crippen LogP) is 3.51. The van der Waals surface area contributed by atoms with Crippen LogP contribution in [0, 0.1) is 0 Å². The number of hydrogen-bond donors (Lipinski definition) is 0. The smallest absolute Gasteiger partial charge is 0.173 e. The zero-order chi connectivity index (χ0) is 12.0. The predicted molar refractivity (Wildman–Crippen MR) is 67.9 cm³/mol. The van der Waals surface area contributed by atoms with Gasteiger partial charge in [-0.3, -0.25) is 0 Å². The van der Waals surface area contributed by atoms with E-state index in [4.69, 9.17) is 18.1 Å². The minimum absolute atomic E-state index is 0.576. The van der Waals surface area contributed by atoms with E-state index >= 15 is 0 Å². The molecule has 0 radical (unpaired) electrons. The van der Waals surface area contributed by atoms with E-state index in [0.29, 0.717) is 11.3 Å². The summed E-state index contributed by atoms with van der Waals surface area (Å²) in [6.45, 7) is 0. The molecule has 0 aromatic heterocycles. The van der Waals surface area contributed by atoms with Crippen LogP contribution in [0.3, 0.4) is 0 Å². The molecule has 16 heavy (non-hydrogen) atoms. The summed E-state index contributed by atoms with van der Waals surface area (Å²) in [5.74, 6) is 0. The highest BCUT2D eigenvalue weighted by Crippen LogP contribution is 2.54. The van der Waals surface area contributed by atoms with Crippen LogP contribution in [-0.4, -0.2) is 39.8 Å². The molecule has 1 aliphatic carbocycles. The topological polar surface area (TPSA) is 36.9 Å². The molecule has 1 aliphatic rings. The van der Waals surface area contributed by atoms with Crippen LogP contribution in [0.25, 0.3) is 0 Å². The van der Waals surface area contributed by atoms with Gasteiger partial charge in [0.25, 0.3) is 0 Å². The van der Waals surface area contributed by atoms with Crippen molar-refractivity contribution in [2.45, 2.75) is 37.0 Å². The lowest BCUT2D eigenvalue weighted by Gasteiger charge is -2.33. The fourth-order valence-electron chi connectivity index (χ4n) is 2.23. The molecule has 0 aromatic rings. The summed E-state index contributed by atoms with van der Waals surface area (Å²) in [4.78, 5) is 0. The maximum absolute atomic E-state index is 5.37. The van der Waals surface area contributed by atoms with E-state index in [2.05, 4.69) is 0 Å². The van der Waals surface area contributed by atoms with Gasteiger partial charge in [0.2, 0.25) is 0 Å². The second-order valence-electron chi connectivity index (χ2n) is 3.76. The molecule has 1 fully saturated rings. The van der Waals surface area contributed by atoms with Crippen LogP contribution >= 0.6 is 16.8 Å². The fourth-order valence-corrected chi connectivity index (χ4v) is 5.16. The Morgan fingerprint density at radius 3 is 1.06 bits per heavy atom. The molecule has 0 N–H and O–H groups in total. The molecule has 0 amide bonds. The van der Waals surface area contributed by atoms with Gasteiger partial charge < -0.3 is 18.1 Å². The molecule has 6 heteroatoms. The third kappa shape index (κ3) is 3.87. The highest BCUT2D eigenvalue weighted by atomic mass is 31.2. The van der Waals surface area contributed by atoms with Crippen molar-refractivity contribution in [2.24, 2.45) is 0 Å². The third-order valence-corrected chi connectivity index (χ3v) is 6.65. The van der Waals surface area contributed by atoms with Crippen molar-refractivity contribution in [1.82, 2.24) is 0 Å². The average molecular weight is 268 g/mol. The van der Waals surface area contributed by atoms with Gasteiger partial charge in [-0.1, -0.05) is 0 Å². The Labute approximate surface area is 101 Å². The van der Waals surface area contributed by atoms with Gasteiger partial charge in [-0.15, -0.1) is 0 Å². The van der Waals surface area contributed by atoms with Crippen molar-refractivity contribution >= 4 is 16.8 Å². The monoisotopic (exact) mass is 268 g/mol. The summed E-state index contributed by atoms with van der Waals surface area (Å²) in [5.41, 5.74) is 1.15.